The van der Waals surface area contributed by atoms with Gasteiger partial charge in [0.1, 0.15) is 0 Å². The van der Waals surface area contributed by atoms with E-state index in [1.807, 2.05) is 31.2 Å². The summed E-state index contributed by atoms with van der Waals surface area (Å²) in [6.07, 6.45) is 3.82. The van der Waals surface area contributed by atoms with E-state index in [9.17, 15) is 0 Å². The standard InChI is InChI=1S/C13H22N2S/c1-10-6-7-15-8-11(10)12(14-5)9-16-13(2,3)4/h6-8,12,14H,9H2,1-5H3. The largest absolute Gasteiger partial charge is 0.312 e. The van der Waals surface area contributed by atoms with Crippen molar-refractivity contribution in [1.29, 1.82) is 0 Å². The number of aryl methyl sites for hydroxylation is 1. The molecule has 1 aromatic rings. The van der Waals surface area contributed by atoms with Gasteiger partial charge in [0.15, 0.2) is 0 Å². The minimum absolute atomic E-state index is 0.311. The van der Waals surface area contributed by atoms with E-state index in [1.165, 1.54) is 11.1 Å². The number of nitrogens with one attached hydrogen (secondary N) is 1. The van der Waals surface area contributed by atoms with Crippen molar-refractivity contribution in [3.8, 4) is 0 Å². The van der Waals surface area contributed by atoms with Gasteiger partial charge >= 0.3 is 0 Å². The zero-order valence-corrected chi connectivity index (χ0v) is 11.7. The number of nitrogens with zero attached hydrogens (tertiary/aromatic N) is 1. The van der Waals surface area contributed by atoms with Crippen molar-refractivity contribution in [2.75, 3.05) is 12.8 Å². The summed E-state index contributed by atoms with van der Waals surface area (Å²) < 4.78 is 0.311. The molecule has 0 saturated heterocycles. The third kappa shape index (κ3) is 4.14. The van der Waals surface area contributed by atoms with Gasteiger partial charge in [0.25, 0.3) is 0 Å². The molecule has 3 heteroatoms. The monoisotopic (exact) mass is 238 g/mol. The molecule has 1 heterocycles. The van der Waals surface area contributed by atoms with Crippen LogP contribution in [0.3, 0.4) is 0 Å². The van der Waals surface area contributed by atoms with Crippen LogP contribution in [0, 0.1) is 6.92 Å². The molecule has 0 spiro atoms. The smallest absolute Gasteiger partial charge is 0.0427 e. The Morgan fingerprint density at radius 2 is 2.12 bits per heavy atom. The molecule has 0 amide bonds. The Morgan fingerprint density at radius 3 is 2.62 bits per heavy atom. The Hall–Kier alpha value is -0.540. The molecule has 0 saturated carbocycles. The zero-order chi connectivity index (χ0) is 12.2. The van der Waals surface area contributed by atoms with E-state index in [0.29, 0.717) is 10.8 Å². The van der Waals surface area contributed by atoms with Crippen molar-refractivity contribution in [2.24, 2.45) is 0 Å². The first-order valence-corrected chi connectivity index (χ1v) is 6.64. The second-order valence-electron chi connectivity index (χ2n) is 5.00. The maximum absolute atomic E-state index is 4.21. The highest BCUT2D eigenvalue weighted by Gasteiger charge is 2.17. The SMILES string of the molecule is CNC(CSC(C)(C)C)c1cnccc1C. The number of hydrogen-bond donors (Lipinski definition) is 1. The molecule has 16 heavy (non-hydrogen) atoms. The summed E-state index contributed by atoms with van der Waals surface area (Å²) in [5.41, 5.74) is 2.62. The van der Waals surface area contributed by atoms with E-state index in [-0.39, 0.29) is 0 Å². The van der Waals surface area contributed by atoms with Crippen molar-refractivity contribution in [2.45, 2.75) is 38.5 Å². The molecular weight excluding hydrogens is 216 g/mol. The molecule has 0 aliphatic heterocycles. The lowest BCUT2D eigenvalue weighted by Gasteiger charge is -2.23. The summed E-state index contributed by atoms with van der Waals surface area (Å²) in [6, 6.07) is 2.46. The molecule has 0 radical (unpaired) electrons. The van der Waals surface area contributed by atoms with Crippen molar-refractivity contribution >= 4 is 11.8 Å². The maximum Gasteiger partial charge on any atom is 0.0427 e. The van der Waals surface area contributed by atoms with Gasteiger partial charge < -0.3 is 5.32 Å². The second-order valence-corrected chi connectivity index (χ2v) is 6.84. The van der Waals surface area contributed by atoms with Crippen LogP contribution in [0.15, 0.2) is 18.5 Å². The van der Waals surface area contributed by atoms with Gasteiger partial charge in [-0.25, -0.2) is 0 Å². The molecule has 1 atom stereocenters. The van der Waals surface area contributed by atoms with Gasteiger partial charge in [0.05, 0.1) is 0 Å². The quantitative estimate of drug-likeness (QED) is 0.872. The molecule has 0 bridgehead atoms. The van der Waals surface area contributed by atoms with Crippen LogP contribution in [-0.4, -0.2) is 22.5 Å². The van der Waals surface area contributed by atoms with Gasteiger partial charge in [-0.3, -0.25) is 4.98 Å². The molecule has 0 aliphatic rings. The third-order valence-corrected chi connectivity index (χ3v) is 3.85. The van der Waals surface area contributed by atoms with Crippen LogP contribution in [0.4, 0.5) is 0 Å². The van der Waals surface area contributed by atoms with Crippen LogP contribution in [0.5, 0.6) is 0 Å². The predicted molar refractivity (Wildman–Crippen MR) is 73.0 cm³/mol. The highest BCUT2D eigenvalue weighted by atomic mass is 32.2. The Morgan fingerprint density at radius 1 is 1.44 bits per heavy atom. The Labute approximate surface area is 103 Å². The van der Waals surface area contributed by atoms with Crippen LogP contribution in [0.2, 0.25) is 0 Å². The summed E-state index contributed by atoms with van der Waals surface area (Å²) in [5.74, 6) is 1.08. The first kappa shape index (κ1) is 13.5. The Bertz CT molecular complexity index is 331. The molecule has 0 aromatic carbocycles. The van der Waals surface area contributed by atoms with Crippen molar-refractivity contribution in [1.82, 2.24) is 10.3 Å². The van der Waals surface area contributed by atoms with Crippen LogP contribution >= 0.6 is 11.8 Å². The van der Waals surface area contributed by atoms with Crippen molar-refractivity contribution < 1.29 is 0 Å². The van der Waals surface area contributed by atoms with Crippen LogP contribution in [-0.2, 0) is 0 Å². The molecule has 1 rings (SSSR count). The van der Waals surface area contributed by atoms with Crippen LogP contribution < -0.4 is 5.32 Å². The van der Waals surface area contributed by atoms with E-state index in [1.54, 1.807) is 0 Å². The summed E-state index contributed by atoms with van der Waals surface area (Å²) in [7, 11) is 2.01. The summed E-state index contributed by atoms with van der Waals surface area (Å²) in [5, 5.41) is 3.37. The van der Waals surface area contributed by atoms with Crippen molar-refractivity contribution in [3.05, 3.63) is 29.6 Å². The number of thioether (sulfide) groups is 1. The molecule has 0 fully saturated rings. The van der Waals surface area contributed by atoms with Crippen LogP contribution in [0.1, 0.15) is 37.9 Å². The van der Waals surface area contributed by atoms with Gasteiger partial charge in [0, 0.05) is 28.9 Å². The molecule has 2 nitrogen and oxygen atoms in total. The van der Waals surface area contributed by atoms with E-state index >= 15 is 0 Å². The summed E-state index contributed by atoms with van der Waals surface area (Å²) in [6.45, 7) is 8.89. The minimum Gasteiger partial charge on any atom is -0.312 e. The summed E-state index contributed by atoms with van der Waals surface area (Å²) in [4.78, 5) is 4.21. The highest BCUT2D eigenvalue weighted by molar-refractivity contribution is 8.00. The van der Waals surface area contributed by atoms with Gasteiger partial charge in [-0.2, -0.15) is 11.8 Å². The third-order valence-electron chi connectivity index (χ3n) is 2.49. The Kier molecular flexibility index (Phi) is 4.81. The fourth-order valence-corrected chi connectivity index (χ4v) is 2.52. The molecule has 1 unspecified atom stereocenters. The van der Waals surface area contributed by atoms with E-state index < -0.39 is 0 Å². The molecule has 1 aromatic heterocycles. The van der Waals surface area contributed by atoms with Gasteiger partial charge in [0.2, 0.25) is 0 Å². The lowest BCUT2D eigenvalue weighted by atomic mass is 10.1. The van der Waals surface area contributed by atoms with Gasteiger partial charge in [-0.05, 0) is 31.2 Å². The molecule has 0 aliphatic carbocycles. The lowest BCUT2D eigenvalue weighted by Crippen LogP contribution is -2.22. The zero-order valence-electron chi connectivity index (χ0n) is 10.9. The fourth-order valence-electron chi connectivity index (χ4n) is 1.50. The summed E-state index contributed by atoms with van der Waals surface area (Å²) >= 11 is 1.98. The van der Waals surface area contributed by atoms with E-state index in [0.717, 1.165) is 5.75 Å². The Balaban J connectivity index is 2.72. The van der Waals surface area contributed by atoms with Crippen molar-refractivity contribution in [3.63, 3.8) is 0 Å². The van der Waals surface area contributed by atoms with E-state index in [4.69, 9.17) is 0 Å². The first-order chi connectivity index (χ1) is 7.44. The average Bonchev–Trinajstić information content (AvgIpc) is 2.20. The number of aromatic nitrogens is 1. The van der Waals surface area contributed by atoms with Gasteiger partial charge in [-0.15, -0.1) is 0 Å². The number of hydrogen-bond acceptors (Lipinski definition) is 3. The maximum atomic E-state index is 4.21. The highest BCUT2D eigenvalue weighted by Crippen LogP contribution is 2.28. The van der Waals surface area contributed by atoms with Gasteiger partial charge in [-0.1, -0.05) is 20.8 Å². The molecule has 90 valence electrons. The fraction of sp³-hybridized carbons (Fsp3) is 0.615. The molecular formula is C13H22N2S. The normalized spacial score (nSPS) is 13.8. The lowest BCUT2D eigenvalue weighted by molar-refractivity contribution is 0.650. The molecule has 1 N–H and O–H groups in total. The number of rotatable bonds is 4. The first-order valence-electron chi connectivity index (χ1n) is 5.66. The predicted octanol–water partition coefficient (Wildman–Crippen LogP) is 3.18. The van der Waals surface area contributed by atoms with E-state index in [2.05, 4.69) is 44.1 Å². The minimum atomic E-state index is 0.311. The topological polar surface area (TPSA) is 24.9 Å². The average molecular weight is 238 g/mol. The van der Waals surface area contributed by atoms with Crippen LogP contribution in [0.25, 0.3) is 0 Å². The second kappa shape index (κ2) is 5.69. The number of pyridine rings is 1.